The van der Waals surface area contributed by atoms with Crippen LogP contribution in [0.3, 0.4) is 0 Å². The van der Waals surface area contributed by atoms with Gasteiger partial charge in [0.05, 0.1) is 0 Å². The molecule has 0 aliphatic rings. The lowest BCUT2D eigenvalue weighted by Crippen LogP contribution is -2.31. The van der Waals surface area contributed by atoms with Gasteiger partial charge >= 0.3 is 6.09 Å². The van der Waals surface area contributed by atoms with Crippen molar-refractivity contribution in [2.24, 2.45) is 5.90 Å². The van der Waals surface area contributed by atoms with Crippen LogP contribution in [-0.2, 0) is 9.63 Å². The minimum Gasteiger partial charge on any atom is -0.356 e. The molecule has 9 heavy (non-hydrogen) atoms. The summed E-state index contributed by atoms with van der Waals surface area (Å²) in [4.78, 5) is 23.9. The lowest BCUT2D eigenvalue weighted by Gasteiger charge is -1.94. The molecule has 0 aromatic carbocycles. The molecule has 0 aromatic heterocycles. The van der Waals surface area contributed by atoms with E-state index in [0.717, 1.165) is 6.08 Å². The zero-order valence-corrected chi connectivity index (χ0v) is 4.59. The third-order valence-corrected chi connectivity index (χ3v) is 0.518. The summed E-state index contributed by atoms with van der Waals surface area (Å²) in [5.74, 6) is 3.73. The van der Waals surface area contributed by atoms with E-state index in [1.807, 2.05) is 0 Å². The van der Waals surface area contributed by atoms with Gasteiger partial charge in [-0.25, -0.2) is 4.79 Å². The quantitative estimate of drug-likeness (QED) is 0.363. The van der Waals surface area contributed by atoms with Crippen LogP contribution in [0.15, 0.2) is 12.7 Å². The van der Waals surface area contributed by atoms with E-state index in [1.165, 1.54) is 0 Å². The first kappa shape index (κ1) is 7.64. The summed E-state index contributed by atoms with van der Waals surface area (Å²) in [6, 6.07) is 0. The molecule has 50 valence electrons. The highest BCUT2D eigenvalue weighted by Crippen LogP contribution is 1.69. The molecule has 0 saturated carbocycles. The largest absolute Gasteiger partial charge is 0.432 e. The molecule has 0 rings (SSSR count). The van der Waals surface area contributed by atoms with Crippen LogP contribution < -0.4 is 11.2 Å². The number of carbonyl (C=O) groups excluding carboxylic acids is 2. The second-order valence-corrected chi connectivity index (χ2v) is 1.10. The number of hydrogen-bond donors (Lipinski definition) is 2. The van der Waals surface area contributed by atoms with Gasteiger partial charge in [-0.1, -0.05) is 6.58 Å². The highest BCUT2D eigenvalue weighted by molar-refractivity contribution is 5.97. The highest BCUT2D eigenvalue weighted by Gasteiger charge is 2.01. The van der Waals surface area contributed by atoms with Crippen molar-refractivity contribution >= 4 is 12.0 Å². The van der Waals surface area contributed by atoms with Gasteiger partial charge in [0, 0.05) is 0 Å². The predicted molar refractivity (Wildman–Crippen MR) is 29.0 cm³/mol. The molecule has 0 atom stereocenters. The Morgan fingerprint density at radius 3 is 2.56 bits per heavy atom. The van der Waals surface area contributed by atoms with E-state index < -0.39 is 12.0 Å². The molecule has 0 heterocycles. The molecule has 0 radical (unpaired) electrons. The Hall–Kier alpha value is -1.36. The van der Waals surface area contributed by atoms with Crippen molar-refractivity contribution in [3.05, 3.63) is 12.7 Å². The fraction of sp³-hybridized carbons (Fsp3) is 0. The molecule has 0 bridgehead atoms. The minimum absolute atomic E-state index is 0.648. The number of hydrogen-bond acceptors (Lipinski definition) is 4. The highest BCUT2D eigenvalue weighted by atomic mass is 16.7. The van der Waals surface area contributed by atoms with E-state index in [0.29, 0.717) is 0 Å². The summed E-state index contributed by atoms with van der Waals surface area (Å²) in [5.41, 5.74) is 0. The Morgan fingerprint density at radius 2 is 2.22 bits per heavy atom. The van der Waals surface area contributed by atoms with Crippen LogP contribution >= 0.6 is 0 Å². The monoisotopic (exact) mass is 130 g/mol. The van der Waals surface area contributed by atoms with E-state index in [4.69, 9.17) is 0 Å². The normalized spacial score (nSPS) is 7.67. The molecule has 0 aliphatic carbocycles. The molecule has 0 saturated heterocycles. The van der Waals surface area contributed by atoms with Gasteiger partial charge in [-0.05, 0) is 6.08 Å². The predicted octanol–water partition coefficient (Wildman–Crippen LogP) is -0.701. The van der Waals surface area contributed by atoms with Crippen molar-refractivity contribution < 1.29 is 14.4 Å². The molecule has 0 fully saturated rings. The number of carbonyl (C=O) groups is 2. The van der Waals surface area contributed by atoms with Gasteiger partial charge < -0.3 is 4.84 Å². The first-order valence-corrected chi connectivity index (χ1v) is 2.04. The van der Waals surface area contributed by atoms with Gasteiger partial charge in [-0.2, -0.15) is 5.90 Å². The Morgan fingerprint density at radius 1 is 1.67 bits per heavy atom. The lowest BCUT2D eigenvalue weighted by atomic mass is 10.6. The summed E-state index contributed by atoms with van der Waals surface area (Å²) in [5, 5.41) is 1.74. The molecule has 0 aromatic rings. The fourth-order valence-corrected chi connectivity index (χ4v) is 0.181. The Balaban J connectivity index is 3.59. The average Bonchev–Trinajstić information content (AvgIpc) is 1.87. The second kappa shape index (κ2) is 3.62. The van der Waals surface area contributed by atoms with Gasteiger partial charge in [0.25, 0.3) is 5.91 Å². The van der Waals surface area contributed by atoms with Crippen LogP contribution in [0, 0.1) is 0 Å². The third kappa shape index (κ3) is 3.24. The van der Waals surface area contributed by atoms with Crippen molar-refractivity contribution in [3.63, 3.8) is 0 Å². The molecule has 3 N–H and O–H groups in total. The summed E-state index contributed by atoms with van der Waals surface area (Å²) < 4.78 is 0. The first-order valence-electron chi connectivity index (χ1n) is 2.04. The molecule has 0 spiro atoms. The van der Waals surface area contributed by atoms with Gasteiger partial charge in [0.1, 0.15) is 0 Å². The zero-order chi connectivity index (χ0) is 7.28. The molecule has 2 amide bonds. The van der Waals surface area contributed by atoms with E-state index in [2.05, 4.69) is 17.3 Å². The standard InChI is InChI=1S/C4H6N2O3/c1-2-3(7)6-4(8)9-5/h2H,1,5H2,(H,6,7,8). The molecule has 5 heteroatoms. The maximum absolute atomic E-state index is 10.2. The molecular formula is C4H6N2O3. The summed E-state index contributed by atoms with van der Waals surface area (Å²) >= 11 is 0. The summed E-state index contributed by atoms with van der Waals surface area (Å²) in [6.07, 6.45) is -0.0726. The Bertz CT molecular complexity index is 143. The first-order chi connectivity index (χ1) is 4.20. The van der Waals surface area contributed by atoms with Crippen LogP contribution in [0.5, 0.6) is 0 Å². The number of nitrogens with one attached hydrogen (secondary N) is 1. The topological polar surface area (TPSA) is 81.4 Å². The number of imide groups is 1. The summed E-state index contributed by atoms with van der Waals surface area (Å²) in [7, 11) is 0. The lowest BCUT2D eigenvalue weighted by molar-refractivity contribution is -0.115. The maximum atomic E-state index is 10.2. The molecule has 0 aliphatic heterocycles. The van der Waals surface area contributed by atoms with Crippen molar-refractivity contribution in [2.45, 2.75) is 0 Å². The van der Waals surface area contributed by atoms with Gasteiger partial charge in [0.15, 0.2) is 0 Å². The van der Waals surface area contributed by atoms with Crippen molar-refractivity contribution in [1.82, 2.24) is 5.32 Å². The second-order valence-electron chi connectivity index (χ2n) is 1.10. The van der Waals surface area contributed by atoms with E-state index in [1.54, 1.807) is 5.32 Å². The van der Waals surface area contributed by atoms with Gasteiger partial charge in [-0.15, -0.1) is 0 Å². The van der Waals surface area contributed by atoms with Gasteiger partial charge in [-0.3, -0.25) is 10.1 Å². The van der Waals surface area contributed by atoms with Crippen molar-refractivity contribution in [1.29, 1.82) is 0 Å². The Kier molecular flexibility index (Phi) is 3.07. The van der Waals surface area contributed by atoms with E-state index in [-0.39, 0.29) is 0 Å². The third-order valence-electron chi connectivity index (χ3n) is 0.518. The Labute approximate surface area is 51.4 Å². The van der Waals surface area contributed by atoms with Crippen molar-refractivity contribution in [2.75, 3.05) is 0 Å². The number of nitrogens with two attached hydrogens (primary N) is 1. The number of rotatable bonds is 1. The van der Waals surface area contributed by atoms with Crippen molar-refractivity contribution in [3.8, 4) is 0 Å². The fourth-order valence-electron chi connectivity index (χ4n) is 0.181. The summed E-state index contributed by atoms with van der Waals surface area (Å²) in [6.45, 7) is 3.09. The van der Waals surface area contributed by atoms with Crippen LogP contribution in [-0.4, -0.2) is 12.0 Å². The van der Waals surface area contributed by atoms with Crippen LogP contribution in [0.25, 0.3) is 0 Å². The average molecular weight is 130 g/mol. The molecule has 5 nitrogen and oxygen atoms in total. The SMILES string of the molecule is C=CC(=O)NC(=O)ON. The maximum Gasteiger partial charge on any atom is 0.432 e. The van der Waals surface area contributed by atoms with E-state index >= 15 is 0 Å². The smallest absolute Gasteiger partial charge is 0.356 e. The minimum atomic E-state index is -1.00. The van der Waals surface area contributed by atoms with Gasteiger partial charge in [0.2, 0.25) is 0 Å². The van der Waals surface area contributed by atoms with Crippen LogP contribution in [0.1, 0.15) is 0 Å². The van der Waals surface area contributed by atoms with Crippen LogP contribution in [0.2, 0.25) is 0 Å². The van der Waals surface area contributed by atoms with Crippen LogP contribution in [0.4, 0.5) is 4.79 Å². The van der Waals surface area contributed by atoms with E-state index in [9.17, 15) is 9.59 Å². The zero-order valence-electron chi connectivity index (χ0n) is 4.59. The molecule has 0 unspecified atom stereocenters. The molecular weight excluding hydrogens is 124 g/mol. The number of amides is 2.